The zero-order valence-electron chi connectivity index (χ0n) is 16.6. The average molecular weight is 416 g/mol. The molecule has 0 radical (unpaired) electrons. The quantitative estimate of drug-likeness (QED) is 0.793. The maximum absolute atomic E-state index is 13.2. The molecule has 1 aliphatic carbocycles. The van der Waals surface area contributed by atoms with E-state index >= 15 is 0 Å². The number of sulfonamides is 1. The first-order chi connectivity index (χ1) is 13.6. The summed E-state index contributed by atoms with van der Waals surface area (Å²) in [5.74, 6) is 1.15. The summed E-state index contributed by atoms with van der Waals surface area (Å²) >= 11 is 0. The highest BCUT2D eigenvalue weighted by molar-refractivity contribution is 7.89. The second-order valence-electron chi connectivity index (χ2n) is 8.41. The summed E-state index contributed by atoms with van der Waals surface area (Å²) in [5.41, 5.74) is 1.13. The standard InChI is InChI=1S/C20H25N5O3S/c1-20(2)11-13-12-22-19(23-14-7-9-16(10-8-14)29(21,27)28)24-17(13)25(18(20)26)15-5-3-4-6-15/h7-10,12,15H,3-6,11H2,1-2H3,(H2,21,27,28)(H,22,23,24). The van der Waals surface area contributed by atoms with Crippen LogP contribution in [0.15, 0.2) is 35.4 Å². The molecule has 0 saturated heterocycles. The minimum Gasteiger partial charge on any atom is -0.324 e. The predicted molar refractivity (Wildman–Crippen MR) is 110 cm³/mol. The van der Waals surface area contributed by atoms with E-state index in [0.717, 1.165) is 31.2 Å². The molecule has 2 aliphatic rings. The third kappa shape index (κ3) is 3.84. The highest BCUT2D eigenvalue weighted by Gasteiger charge is 2.43. The van der Waals surface area contributed by atoms with Crippen LogP contribution >= 0.6 is 0 Å². The van der Waals surface area contributed by atoms with Gasteiger partial charge in [0.25, 0.3) is 0 Å². The van der Waals surface area contributed by atoms with E-state index in [1.165, 1.54) is 12.1 Å². The van der Waals surface area contributed by atoms with E-state index in [0.29, 0.717) is 23.9 Å². The number of nitrogens with two attached hydrogens (primary N) is 1. The number of hydrogen-bond acceptors (Lipinski definition) is 6. The average Bonchev–Trinajstić information content (AvgIpc) is 3.17. The fraction of sp³-hybridized carbons (Fsp3) is 0.450. The van der Waals surface area contributed by atoms with Gasteiger partial charge in [-0.25, -0.2) is 18.5 Å². The molecule has 2 aromatic rings. The highest BCUT2D eigenvalue weighted by Crippen LogP contribution is 2.40. The number of carbonyl (C=O) groups is 1. The summed E-state index contributed by atoms with van der Waals surface area (Å²) < 4.78 is 22.8. The van der Waals surface area contributed by atoms with E-state index < -0.39 is 15.4 Å². The molecule has 2 heterocycles. The molecule has 1 aliphatic heterocycles. The minimum absolute atomic E-state index is 0.0367. The third-order valence-electron chi connectivity index (χ3n) is 5.63. The maximum Gasteiger partial charge on any atom is 0.238 e. The van der Waals surface area contributed by atoms with Gasteiger partial charge in [0.05, 0.1) is 4.90 Å². The van der Waals surface area contributed by atoms with Crippen molar-refractivity contribution in [3.63, 3.8) is 0 Å². The topological polar surface area (TPSA) is 118 Å². The van der Waals surface area contributed by atoms with Gasteiger partial charge in [-0.3, -0.25) is 9.69 Å². The second kappa shape index (κ2) is 7.07. The predicted octanol–water partition coefficient (Wildman–Crippen LogP) is 2.73. The first-order valence-electron chi connectivity index (χ1n) is 9.75. The first kappa shape index (κ1) is 19.8. The molecule has 0 spiro atoms. The maximum atomic E-state index is 13.2. The molecule has 29 heavy (non-hydrogen) atoms. The summed E-state index contributed by atoms with van der Waals surface area (Å²) in [6.07, 6.45) is 6.60. The van der Waals surface area contributed by atoms with E-state index in [1.54, 1.807) is 18.3 Å². The van der Waals surface area contributed by atoms with Crippen molar-refractivity contribution in [2.45, 2.75) is 56.9 Å². The lowest BCUT2D eigenvalue weighted by molar-refractivity contribution is -0.127. The Balaban J connectivity index is 1.66. The summed E-state index contributed by atoms with van der Waals surface area (Å²) in [7, 11) is -3.74. The van der Waals surface area contributed by atoms with Crippen molar-refractivity contribution in [1.29, 1.82) is 0 Å². The Kier molecular flexibility index (Phi) is 4.82. The van der Waals surface area contributed by atoms with Crippen LogP contribution in [0.2, 0.25) is 0 Å². The first-order valence-corrected chi connectivity index (χ1v) is 11.3. The number of fused-ring (bicyclic) bond motifs is 1. The Morgan fingerprint density at radius 2 is 1.83 bits per heavy atom. The minimum atomic E-state index is -3.74. The van der Waals surface area contributed by atoms with E-state index in [4.69, 9.17) is 5.14 Å². The summed E-state index contributed by atoms with van der Waals surface area (Å²) in [6.45, 7) is 3.94. The number of carbonyl (C=O) groups excluding carboxylic acids is 1. The number of nitrogens with one attached hydrogen (secondary N) is 1. The number of primary sulfonamides is 1. The molecular formula is C20H25N5O3S. The smallest absolute Gasteiger partial charge is 0.238 e. The van der Waals surface area contributed by atoms with Crippen LogP contribution in [0.3, 0.4) is 0 Å². The Morgan fingerprint density at radius 1 is 1.17 bits per heavy atom. The van der Waals surface area contributed by atoms with Crippen molar-refractivity contribution in [3.05, 3.63) is 36.0 Å². The normalized spacial score (nSPS) is 19.3. The fourth-order valence-corrected chi connectivity index (χ4v) is 4.64. The molecule has 0 atom stereocenters. The Labute approximate surface area is 170 Å². The third-order valence-corrected chi connectivity index (χ3v) is 6.56. The lowest BCUT2D eigenvalue weighted by atomic mass is 9.81. The number of benzene rings is 1. The molecule has 1 aromatic carbocycles. The number of hydrogen-bond donors (Lipinski definition) is 2. The molecule has 154 valence electrons. The van der Waals surface area contributed by atoms with Gasteiger partial charge in [-0.15, -0.1) is 0 Å². The molecular weight excluding hydrogens is 390 g/mol. The van der Waals surface area contributed by atoms with Crippen LogP contribution in [0.25, 0.3) is 0 Å². The van der Waals surface area contributed by atoms with Crippen molar-refractivity contribution >= 4 is 33.4 Å². The van der Waals surface area contributed by atoms with Crippen molar-refractivity contribution in [1.82, 2.24) is 9.97 Å². The van der Waals surface area contributed by atoms with Crippen LogP contribution < -0.4 is 15.4 Å². The van der Waals surface area contributed by atoms with Crippen molar-refractivity contribution in [3.8, 4) is 0 Å². The second-order valence-corrected chi connectivity index (χ2v) is 9.97. The van der Waals surface area contributed by atoms with Gasteiger partial charge in [-0.1, -0.05) is 26.7 Å². The van der Waals surface area contributed by atoms with Gasteiger partial charge in [0.1, 0.15) is 5.82 Å². The zero-order valence-corrected chi connectivity index (χ0v) is 17.4. The zero-order chi connectivity index (χ0) is 20.8. The van der Waals surface area contributed by atoms with Gasteiger partial charge in [0.15, 0.2) is 0 Å². The fourth-order valence-electron chi connectivity index (χ4n) is 4.12. The molecule has 4 rings (SSSR count). The Morgan fingerprint density at radius 3 is 2.45 bits per heavy atom. The number of anilines is 3. The van der Waals surface area contributed by atoms with Gasteiger partial charge in [-0.05, 0) is 43.5 Å². The molecule has 3 N–H and O–H groups in total. The Hall–Kier alpha value is -2.52. The van der Waals surface area contributed by atoms with Crippen molar-refractivity contribution in [2.24, 2.45) is 10.6 Å². The largest absolute Gasteiger partial charge is 0.324 e. The lowest BCUT2D eigenvalue weighted by Crippen LogP contribution is -2.51. The van der Waals surface area contributed by atoms with Crippen molar-refractivity contribution in [2.75, 3.05) is 10.2 Å². The van der Waals surface area contributed by atoms with Crippen LogP contribution in [0.4, 0.5) is 17.5 Å². The SMILES string of the molecule is CC1(C)Cc2cnc(Nc3ccc(S(N)(=O)=O)cc3)nc2N(C2CCCC2)C1=O. The van der Waals surface area contributed by atoms with E-state index in [-0.39, 0.29) is 16.8 Å². The van der Waals surface area contributed by atoms with Gasteiger partial charge >= 0.3 is 0 Å². The van der Waals surface area contributed by atoms with Gasteiger partial charge in [0, 0.05) is 28.9 Å². The summed E-state index contributed by atoms with van der Waals surface area (Å²) in [5, 5.41) is 8.22. The van der Waals surface area contributed by atoms with Crippen LogP contribution in [-0.2, 0) is 21.2 Å². The van der Waals surface area contributed by atoms with Crippen LogP contribution in [0.5, 0.6) is 0 Å². The number of nitrogens with zero attached hydrogens (tertiary/aromatic N) is 3. The van der Waals surface area contributed by atoms with Gasteiger partial charge in [-0.2, -0.15) is 4.98 Å². The van der Waals surface area contributed by atoms with Gasteiger partial charge in [0.2, 0.25) is 21.9 Å². The molecule has 1 amide bonds. The summed E-state index contributed by atoms with van der Waals surface area (Å²) in [4.78, 5) is 24.2. The Bertz CT molecular complexity index is 1040. The van der Waals surface area contributed by atoms with E-state index in [9.17, 15) is 13.2 Å². The molecule has 1 saturated carbocycles. The van der Waals surface area contributed by atoms with E-state index in [1.807, 2.05) is 18.7 Å². The van der Waals surface area contributed by atoms with Crippen LogP contribution in [0, 0.1) is 5.41 Å². The number of aromatic nitrogens is 2. The van der Waals surface area contributed by atoms with Crippen LogP contribution in [0.1, 0.15) is 45.1 Å². The molecule has 0 unspecified atom stereocenters. The molecule has 1 fully saturated rings. The molecule has 1 aromatic heterocycles. The number of amides is 1. The van der Waals surface area contributed by atoms with Crippen molar-refractivity contribution < 1.29 is 13.2 Å². The summed E-state index contributed by atoms with van der Waals surface area (Å²) in [6, 6.07) is 6.23. The molecule has 9 heteroatoms. The monoisotopic (exact) mass is 415 g/mol. The number of rotatable bonds is 4. The lowest BCUT2D eigenvalue weighted by Gasteiger charge is -2.40. The molecule has 0 bridgehead atoms. The highest BCUT2D eigenvalue weighted by atomic mass is 32.2. The van der Waals surface area contributed by atoms with E-state index in [2.05, 4.69) is 15.3 Å². The molecule has 8 nitrogen and oxygen atoms in total. The van der Waals surface area contributed by atoms with Crippen LogP contribution in [-0.4, -0.2) is 30.3 Å². The van der Waals surface area contributed by atoms with Gasteiger partial charge < -0.3 is 5.32 Å².